The van der Waals surface area contributed by atoms with Crippen molar-refractivity contribution in [3.8, 4) is 0 Å². The van der Waals surface area contributed by atoms with E-state index < -0.39 is 11.4 Å². The number of rotatable bonds is 4. The third kappa shape index (κ3) is 3.32. The molecule has 2 rings (SSSR count). The molecule has 104 valence electrons. The molecule has 0 spiro atoms. The van der Waals surface area contributed by atoms with Crippen molar-refractivity contribution in [3.05, 3.63) is 62.1 Å². The van der Waals surface area contributed by atoms with Gasteiger partial charge in [-0.3, -0.25) is 4.79 Å². The SMILES string of the molecule is CC(Nc1ccc(Br)cc1)(C(N)=O)c1ccc(I)cc1. The van der Waals surface area contributed by atoms with Crippen LogP contribution in [0.15, 0.2) is 53.0 Å². The average Bonchev–Trinajstić information content (AvgIpc) is 2.42. The van der Waals surface area contributed by atoms with Crippen molar-refractivity contribution in [1.29, 1.82) is 0 Å². The molecular formula is C15H14BrIN2O. The zero-order valence-electron chi connectivity index (χ0n) is 10.9. The molecule has 2 aromatic carbocycles. The van der Waals surface area contributed by atoms with E-state index in [4.69, 9.17) is 5.73 Å². The number of halogens is 2. The Morgan fingerprint density at radius 2 is 1.70 bits per heavy atom. The summed E-state index contributed by atoms with van der Waals surface area (Å²) in [5, 5.41) is 3.22. The molecule has 5 heteroatoms. The highest BCUT2D eigenvalue weighted by molar-refractivity contribution is 14.1. The molecule has 0 aliphatic heterocycles. The molecule has 0 aliphatic rings. The summed E-state index contributed by atoms with van der Waals surface area (Å²) in [4.78, 5) is 11.9. The lowest BCUT2D eigenvalue weighted by Crippen LogP contribution is -2.45. The summed E-state index contributed by atoms with van der Waals surface area (Å²) in [6.45, 7) is 1.79. The fraction of sp³-hybridized carbons (Fsp3) is 0.133. The number of amides is 1. The Hall–Kier alpha value is -1.08. The van der Waals surface area contributed by atoms with Crippen molar-refractivity contribution < 1.29 is 4.79 Å². The van der Waals surface area contributed by atoms with Crippen molar-refractivity contribution in [2.75, 3.05) is 5.32 Å². The zero-order chi connectivity index (χ0) is 14.8. The van der Waals surface area contributed by atoms with Crippen LogP contribution in [0.25, 0.3) is 0 Å². The van der Waals surface area contributed by atoms with Crippen LogP contribution in [0.3, 0.4) is 0 Å². The van der Waals surface area contributed by atoms with Gasteiger partial charge in [-0.1, -0.05) is 28.1 Å². The lowest BCUT2D eigenvalue weighted by Gasteiger charge is -2.29. The number of carbonyl (C=O) groups is 1. The van der Waals surface area contributed by atoms with Crippen LogP contribution in [0, 0.1) is 3.57 Å². The first-order chi connectivity index (χ1) is 9.41. The number of anilines is 1. The van der Waals surface area contributed by atoms with E-state index >= 15 is 0 Å². The summed E-state index contributed by atoms with van der Waals surface area (Å²) < 4.78 is 2.10. The number of benzene rings is 2. The minimum absolute atomic E-state index is 0.415. The van der Waals surface area contributed by atoms with E-state index in [2.05, 4.69) is 43.8 Å². The fourth-order valence-corrected chi connectivity index (χ4v) is 2.51. The molecule has 0 bridgehead atoms. The molecule has 0 fully saturated rings. The van der Waals surface area contributed by atoms with E-state index in [1.807, 2.05) is 48.5 Å². The monoisotopic (exact) mass is 444 g/mol. The number of nitrogens with two attached hydrogens (primary N) is 1. The molecule has 0 radical (unpaired) electrons. The third-order valence-electron chi connectivity index (χ3n) is 3.15. The highest BCUT2D eigenvalue weighted by Crippen LogP contribution is 2.27. The van der Waals surface area contributed by atoms with Gasteiger partial charge in [-0.15, -0.1) is 0 Å². The molecular weight excluding hydrogens is 431 g/mol. The number of hydrogen-bond acceptors (Lipinski definition) is 2. The van der Waals surface area contributed by atoms with Crippen molar-refractivity contribution in [1.82, 2.24) is 0 Å². The minimum Gasteiger partial charge on any atom is -0.368 e. The molecule has 2 aromatic rings. The Kier molecular flexibility index (Phi) is 4.70. The van der Waals surface area contributed by atoms with E-state index in [1.165, 1.54) is 0 Å². The number of hydrogen-bond donors (Lipinski definition) is 2. The van der Waals surface area contributed by atoms with Gasteiger partial charge in [-0.2, -0.15) is 0 Å². The predicted molar refractivity (Wildman–Crippen MR) is 93.5 cm³/mol. The lowest BCUT2D eigenvalue weighted by molar-refractivity contribution is -0.122. The summed E-state index contributed by atoms with van der Waals surface area (Å²) >= 11 is 5.61. The second-order valence-corrected chi connectivity index (χ2v) is 6.79. The van der Waals surface area contributed by atoms with Gasteiger partial charge >= 0.3 is 0 Å². The molecule has 3 N–H and O–H groups in total. The topological polar surface area (TPSA) is 55.1 Å². The fourth-order valence-electron chi connectivity index (χ4n) is 1.88. The predicted octanol–water partition coefficient (Wildman–Crippen LogP) is 3.87. The Labute approximate surface area is 140 Å². The van der Waals surface area contributed by atoms with Gasteiger partial charge in [-0.25, -0.2) is 0 Å². The molecule has 0 saturated heterocycles. The van der Waals surface area contributed by atoms with Gasteiger partial charge in [0.1, 0.15) is 5.54 Å². The number of nitrogens with one attached hydrogen (secondary N) is 1. The van der Waals surface area contributed by atoms with E-state index in [0.29, 0.717) is 0 Å². The maximum Gasteiger partial charge on any atom is 0.247 e. The highest BCUT2D eigenvalue weighted by Gasteiger charge is 2.33. The van der Waals surface area contributed by atoms with Crippen LogP contribution in [-0.2, 0) is 10.3 Å². The summed E-state index contributed by atoms with van der Waals surface area (Å²) in [6, 6.07) is 15.4. The molecule has 1 unspecified atom stereocenters. The number of primary amides is 1. The molecule has 1 atom stereocenters. The maximum absolute atomic E-state index is 11.9. The average molecular weight is 445 g/mol. The highest BCUT2D eigenvalue weighted by atomic mass is 127. The lowest BCUT2D eigenvalue weighted by atomic mass is 9.91. The van der Waals surface area contributed by atoms with Crippen molar-refractivity contribution in [3.63, 3.8) is 0 Å². The van der Waals surface area contributed by atoms with Crippen LogP contribution in [0.2, 0.25) is 0 Å². The smallest absolute Gasteiger partial charge is 0.247 e. The molecule has 20 heavy (non-hydrogen) atoms. The van der Waals surface area contributed by atoms with Gasteiger partial charge in [0.2, 0.25) is 5.91 Å². The first kappa shape index (κ1) is 15.3. The second-order valence-electron chi connectivity index (χ2n) is 4.63. The van der Waals surface area contributed by atoms with E-state index in [9.17, 15) is 4.79 Å². The Morgan fingerprint density at radius 3 is 2.20 bits per heavy atom. The normalized spacial score (nSPS) is 13.6. The third-order valence-corrected chi connectivity index (χ3v) is 4.40. The van der Waals surface area contributed by atoms with Gasteiger partial charge < -0.3 is 11.1 Å². The van der Waals surface area contributed by atoms with Crippen LogP contribution < -0.4 is 11.1 Å². The van der Waals surface area contributed by atoms with Crippen LogP contribution in [0.1, 0.15) is 12.5 Å². The minimum atomic E-state index is -0.946. The summed E-state index contributed by atoms with van der Waals surface area (Å²) in [7, 11) is 0. The van der Waals surface area contributed by atoms with Gasteiger partial charge in [0.15, 0.2) is 0 Å². The van der Waals surface area contributed by atoms with Crippen LogP contribution in [0.5, 0.6) is 0 Å². The first-order valence-electron chi connectivity index (χ1n) is 6.01. The van der Waals surface area contributed by atoms with Crippen LogP contribution in [-0.4, -0.2) is 5.91 Å². The number of carbonyl (C=O) groups excluding carboxylic acids is 1. The second kappa shape index (κ2) is 6.13. The van der Waals surface area contributed by atoms with Gasteiger partial charge in [-0.05, 0) is 71.5 Å². The molecule has 0 aromatic heterocycles. The van der Waals surface area contributed by atoms with Crippen LogP contribution >= 0.6 is 38.5 Å². The van der Waals surface area contributed by atoms with Gasteiger partial charge in [0.25, 0.3) is 0 Å². The largest absolute Gasteiger partial charge is 0.368 e. The maximum atomic E-state index is 11.9. The Morgan fingerprint density at radius 1 is 1.15 bits per heavy atom. The molecule has 0 saturated carbocycles. The summed E-state index contributed by atoms with van der Waals surface area (Å²) in [5.74, 6) is -0.415. The standard InChI is InChI=1S/C15H14BrIN2O/c1-15(14(18)20,10-2-6-12(17)7-3-10)19-13-8-4-11(16)5-9-13/h2-9,19H,1H3,(H2,18,20). The Balaban J connectivity index is 2.37. The van der Waals surface area contributed by atoms with E-state index in [1.54, 1.807) is 6.92 Å². The van der Waals surface area contributed by atoms with Crippen molar-refractivity contribution >= 4 is 50.1 Å². The van der Waals surface area contributed by atoms with E-state index in [-0.39, 0.29) is 0 Å². The molecule has 3 nitrogen and oxygen atoms in total. The van der Waals surface area contributed by atoms with Crippen molar-refractivity contribution in [2.24, 2.45) is 5.73 Å². The van der Waals surface area contributed by atoms with Crippen LogP contribution in [0.4, 0.5) is 5.69 Å². The van der Waals surface area contributed by atoms with Crippen molar-refractivity contribution in [2.45, 2.75) is 12.5 Å². The summed E-state index contributed by atoms with van der Waals surface area (Å²) in [5.41, 5.74) is 6.34. The van der Waals surface area contributed by atoms with Gasteiger partial charge in [0, 0.05) is 13.7 Å². The molecule has 1 amide bonds. The molecule has 0 aliphatic carbocycles. The summed E-state index contributed by atoms with van der Waals surface area (Å²) in [6.07, 6.45) is 0. The van der Waals surface area contributed by atoms with Gasteiger partial charge in [0.05, 0.1) is 0 Å². The first-order valence-corrected chi connectivity index (χ1v) is 7.89. The Bertz CT molecular complexity index is 613. The zero-order valence-corrected chi connectivity index (χ0v) is 14.6. The molecule has 0 heterocycles. The quantitative estimate of drug-likeness (QED) is 0.703. The van der Waals surface area contributed by atoms with E-state index in [0.717, 1.165) is 19.3 Å².